The lowest BCUT2D eigenvalue weighted by atomic mass is 9.96. The molecule has 6 nitrogen and oxygen atoms in total. The molecule has 1 aliphatic carbocycles. The fraction of sp³-hybridized carbons (Fsp3) is 0.556. The van der Waals surface area contributed by atoms with E-state index < -0.39 is 0 Å². The summed E-state index contributed by atoms with van der Waals surface area (Å²) in [5.74, 6) is 2.36. The average Bonchev–Trinajstić information content (AvgIpc) is 3.63. The summed E-state index contributed by atoms with van der Waals surface area (Å²) in [5.41, 5.74) is 2.55. The molecule has 0 radical (unpaired) electrons. The van der Waals surface area contributed by atoms with E-state index in [0.717, 1.165) is 43.0 Å². The maximum absolute atomic E-state index is 5.83. The third-order valence-corrected chi connectivity index (χ3v) is 7.16. The highest BCUT2D eigenvalue weighted by Crippen LogP contribution is 2.36. The zero-order chi connectivity index (χ0) is 22.5. The van der Waals surface area contributed by atoms with Crippen LogP contribution in [0.15, 0.2) is 53.7 Å². The summed E-state index contributed by atoms with van der Waals surface area (Å²) in [4.78, 5) is 12.0. The van der Waals surface area contributed by atoms with Gasteiger partial charge in [-0.15, -0.1) is 24.0 Å². The predicted octanol–water partition coefficient (Wildman–Crippen LogP) is 4.74. The number of aromatic nitrogens is 1. The van der Waals surface area contributed by atoms with Crippen molar-refractivity contribution in [2.45, 2.75) is 76.7 Å². The molecule has 34 heavy (non-hydrogen) atoms. The Morgan fingerprint density at radius 3 is 2.53 bits per heavy atom. The van der Waals surface area contributed by atoms with Crippen LogP contribution >= 0.6 is 24.0 Å². The summed E-state index contributed by atoms with van der Waals surface area (Å²) < 4.78 is 5.83. The molecule has 1 aromatic carbocycles. The number of aliphatic imine (C=N–C) groups is 1. The summed E-state index contributed by atoms with van der Waals surface area (Å²) in [7, 11) is 0. The van der Waals surface area contributed by atoms with Gasteiger partial charge in [-0.3, -0.25) is 4.90 Å². The van der Waals surface area contributed by atoms with Gasteiger partial charge < -0.3 is 15.4 Å². The van der Waals surface area contributed by atoms with E-state index in [4.69, 9.17) is 9.73 Å². The van der Waals surface area contributed by atoms with Crippen molar-refractivity contribution in [2.75, 3.05) is 13.2 Å². The number of piperidine rings is 1. The van der Waals surface area contributed by atoms with E-state index in [2.05, 4.69) is 57.8 Å². The third-order valence-electron chi connectivity index (χ3n) is 7.16. The molecule has 2 saturated heterocycles. The Balaban J connectivity index is 0.00000274. The number of nitrogens with one attached hydrogen (secondary N) is 2. The number of rotatable bonds is 9. The van der Waals surface area contributed by atoms with Crippen LogP contribution < -0.4 is 15.4 Å². The molecular weight excluding hydrogens is 537 g/mol. The van der Waals surface area contributed by atoms with Gasteiger partial charge in [0.05, 0.1) is 13.2 Å². The largest absolute Gasteiger partial charge is 0.477 e. The van der Waals surface area contributed by atoms with Gasteiger partial charge in [-0.25, -0.2) is 9.98 Å². The van der Waals surface area contributed by atoms with Gasteiger partial charge in [-0.2, -0.15) is 0 Å². The molecule has 2 unspecified atom stereocenters. The van der Waals surface area contributed by atoms with Crippen molar-refractivity contribution in [1.82, 2.24) is 20.5 Å². The zero-order valence-corrected chi connectivity index (χ0v) is 22.5. The molecule has 0 amide bonds. The molecule has 2 N–H and O–H groups in total. The normalized spacial score (nSPS) is 24.4. The number of pyridine rings is 1. The van der Waals surface area contributed by atoms with Crippen LogP contribution in [0.1, 0.15) is 56.6 Å². The van der Waals surface area contributed by atoms with Crippen LogP contribution in [0.5, 0.6) is 5.88 Å². The van der Waals surface area contributed by atoms with Crippen LogP contribution in [0.25, 0.3) is 0 Å². The molecule has 7 heteroatoms. The van der Waals surface area contributed by atoms with E-state index in [1.807, 2.05) is 18.3 Å². The lowest BCUT2D eigenvalue weighted by Crippen LogP contribution is -2.52. The SMILES string of the molecule is CCNC(=NCc1ccnc(OCC2CC2)c1)NC1CC2CCC(C1)N2Cc1ccccc1.I. The van der Waals surface area contributed by atoms with Gasteiger partial charge in [0.1, 0.15) is 0 Å². The van der Waals surface area contributed by atoms with Gasteiger partial charge in [-0.05, 0) is 68.6 Å². The number of hydrogen-bond donors (Lipinski definition) is 2. The fourth-order valence-electron chi connectivity index (χ4n) is 5.24. The Bertz CT molecular complexity index is 922. The van der Waals surface area contributed by atoms with Crippen LogP contribution in [-0.2, 0) is 13.1 Å². The molecule has 3 heterocycles. The third kappa shape index (κ3) is 6.84. The highest BCUT2D eigenvalue weighted by Gasteiger charge is 2.40. The number of guanidine groups is 1. The molecule has 1 saturated carbocycles. The second-order valence-corrected chi connectivity index (χ2v) is 9.81. The Morgan fingerprint density at radius 2 is 1.82 bits per heavy atom. The van der Waals surface area contributed by atoms with Crippen LogP contribution in [-0.4, -0.2) is 47.1 Å². The first kappa shape index (κ1) is 25.2. The van der Waals surface area contributed by atoms with E-state index in [0.29, 0.717) is 24.7 Å². The Morgan fingerprint density at radius 1 is 1.06 bits per heavy atom. The molecule has 2 aliphatic heterocycles. The van der Waals surface area contributed by atoms with Crippen molar-refractivity contribution in [3.05, 3.63) is 59.8 Å². The second kappa shape index (κ2) is 12.2. The minimum Gasteiger partial charge on any atom is -0.477 e. The Hall–Kier alpha value is -1.87. The number of benzene rings is 1. The molecule has 0 spiro atoms. The predicted molar refractivity (Wildman–Crippen MR) is 148 cm³/mol. The topological polar surface area (TPSA) is 61.8 Å². The maximum Gasteiger partial charge on any atom is 0.213 e. The van der Waals surface area contributed by atoms with Gasteiger partial charge in [0.2, 0.25) is 5.88 Å². The summed E-state index contributed by atoms with van der Waals surface area (Å²) in [5, 5.41) is 7.18. The molecule has 3 aliphatic rings. The van der Waals surface area contributed by atoms with Crippen LogP contribution in [0.4, 0.5) is 0 Å². The van der Waals surface area contributed by atoms with Gasteiger partial charge in [-0.1, -0.05) is 30.3 Å². The van der Waals surface area contributed by atoms with Crippen molar-refractivity contribution in [2.24, 2.45) is 10.9 Å². The monoisotopic (exact) mass is 575 g/mol. The van der Waals surface area contributed by atoms with Gasteiger partial charge >= 0.3 is 0 Å². The smallest absolute Gasteiger partial charge is 0.213 e. The van der Waals surface area contributed by atoms with Crippen molar-refractivity contribution in [3.8, 4) is 5.88 Å². The first-order valence-corrected chi connectivity index (χ1v) is 12.7. The van der Waals surface area contributed by atoms with Crippen molar-refractivity contribution in [1.29, 1.82) is 0 Å². The van der Waals surface area contributed by atoms with Crippen molar-refractivity contribution >= 4 is 29.9 Å². The summed E-state index contributed by atoms with van der Waals surface area (Å²) in [6, 6.07) is 16.8. The molecule has 1 aromatic heterocycles. The van der Waals surface area contributed by atoms with Gasteiger partial charge in [0, 0.05) is 43.5 Å². The standard InChI is InChI=1S/C27H37N5O.HI/c1-2-28-27(30-17-22-12-13-29-26(14-22)33-19-21-8-9-21)31-23-15-24-10-11-25(16-23)32(24)18-20-6-4-3-5-7-20;/h3-7,12-14,21,23-25H,2,8-11,15-19H2,1H3,(H2,28,30,31);1H. The number of ether oxygens (including phenoxy) is 1. The summed E-state index contributed by atoms with van der Waals surface area (Å²) in [6.45, 7) is 5.47. The number of nitrogens with zero attached hydrogens (tertiary/aromatic N) is 3. The van der Waals surface area contributed by atoms with Crippen LogP contribution in [0.3, 0.4) is 0 Å². The zero-order valence-electron chi connectivity index (χ0n) is 20.2. The lowest BCUT2D eigenvalue weighted by molar-refractivity contribution is 0.114. The minimum atomic E-state index is 0. The van der Waals surface area contributed by atoms with Crippen molar-refractivity contribution in [3.63, 3.8) is 0 Å². The van der Waals surface area contributed by atoms with Gasteiger partial charge in [0.25, 0.3) is 0 Å². The molecule has 184 valence electrons. The van der Waals surface area contributed by atoms with Gasteiger partial charge in [0.15, 0.2) is 5.96 Å². The quantitative estimate of drug-likeness (QED) is 0.257. The summed E-state index contributed by atoms with van der Waals surface area (Å²) >= 11 is 0. The van der Waals surface area contributed by atoms with E-state index in [9.17, 15) is 0 Å². The van der Waals surface area contributed by atoms with E-state index in [-0.39, 0.29) is 24.0 Å². The average molecular weight is 576 g/mol. The maximum atomic E-state index is 5.83. The minimum absolute atomic E-state index is 0. The highest BCUT2D eigenvalue weighted by molar-refractivity contribution is 14.0. The number of fused-ring (bicyclic) bond motifs is 2. The van der Waals surface area contributed by atoms with Crippen LogP contribution in [0.2, 0.25) is 0 Å². The molecule has 2 atom stereocenters. The molecular formula is C27H38IN5O. The lowest BCUT2D eigenvalue weighted by Gasteiger charge is -2.39. The summed E-state index contributed by atoms with van der Waals surface area (Å²) in [6.07, 6.45) is 9.38. The highest BCUT2D eigenvalue weighted by atomic mass is 127. The van der Waals surface area contributed by atoms with E-state index in [1.54, 1.807) is 0 Å². The molecule has 2 aromatic rings. The van der Waals surface area contributed by atoms with Crippen LogP contribution in [0, 0.1) is 5.92 Å². The Kier molecular flexibility index (Phi) is 9.05. The number of halogens is 1. The molecule has 3 fully saturated rings. The first-order chi connectivity index (χ1) is 16.3. The fourth-order valence-corrected chi connectivity index (χ4v) is 5.24. The van der Waals surface area contributed by atoms with Crippen molar-refractivity contribution < 1.29 is 4.74 Å². The molecule has 2 bridgehead atoms. The molecule has 5 rings (SSSR count). The first-order valence-electron chi connectivity index (χ1n) is 12.7. The van der Waals surface area contributed by atoms with E-state index >= 15 is 0 Å². The number of hydrogen-bond acceptors (Lipinski definition) is 4. The van der Waals surface area contributed by atoms with E-state index in [1.165, 1.54) is 44.1 Å². The second-order valence-electron chi connectivity index (χ2n) is 9.81. The Labute approximate surface area is 221 Å².